The van der Waals surface area contributed by atoms with Crippen molar-refractivity contribution in [1.29, 1.82) is 0 Å². The molecule has 25 heavy (non-hydrogen) atoms. The van der Waals surface area contributed by atoms with Gasteiger partial charge < -0.3 is 4.74 Å². The van der Waals surface area contributed by atoms with Crippen molar-refractivity contribution in [1.82, 2.24) is 0 Å². The summed E-state index contributed by atoms with van der Waals surface area (Å²) in [6, 6.07) is 14.2. The predicted molar refractivity (Wildman–Crippen MR) is 93.3 cm³/mol. The van der Waals surface area contributed by atoms with Gasteiger partial charge in [-0.15, -0.1) is 0 Å². The molecule has 1 unspecified atom stereocenters. The Morgan fingerprint density at radius 3 is 2.52 bits per heavy atom. The summed E-state index contributed by atoms with van der Waals surface area (Å²) in [6.45, 7) is 1.74. The van der Waals surface area contributed by atoms with Crippen LogP contribution in [-0.2, 0) is 25.8 Å². The van der Waals surface area contributed by atoms with Crippen LogP contribution in [0.3, 0.4) is 0 Å². The van der Waals surface area contributed by atoms with E-state index in [9.17, 15) is 17.6 Å². The van der Waals surface area contributed by atoms with Crippen molar-refractivity contribution in [2.45, 2.75) is 24.7 Å². The molecule has 4 nitrogen and oxygen atoms in total. The number of carbonyl (C=O) groups excluding carboxylic acids is 1. The molecule has 2 aromatic rings. The van der Waals surface area contributed by atoms with Crippen molar-refractivity contribution >= 4 is 15.8 Å². The van der Waals surface area contributed by atoms with Gasteiger partial charge in [0.15, 0.2) is 9.84 Å². The van der Waals surface area contributed by atoms with Crippen molar-refractivity contribution in [3.63, 3.8) is 0 Å². The molecule has 0 aliphatic carbocycles. The maximum Gasteiger partial charge on any atom is 0.308 e. The molecule has 0 heterocycles. The Labute approximate surface area is 147 Å². The fourth-order valence-electron chi connectivity index (χ4n) is 2.41. The summed E-state index contributed by atoms with van der Waals surface area (Å²) in [5.74, 6) is -1.26. The Kier molecular flexibility index (Phi) is 6.70. The minimum atomic E-state index is -3.36. The number of hydrogen-bond donors (Lipinski definition) is 0. The monoisotopic (exact) mass is 364 g/mol. The van der Waals surface area contributed by atoms with Crippen LogP contribution >= 0.6 is 0 Å². The van der Waals surface area contributed by atoms with Gasteiger partial charge in [-0.05, 0) is 42.7 Å². The molecule has 0 aromatic heterocycles. The third-order valence-electron chi connectivity index (χ3n) is 3.74. The van der Waals surface area contributed by atoms with Gasteiger partial charge in [0.05, 0.1) is 23.2 Å². The number of benzene rings is 2. The summed E-state index contributed by atoms with van der Waals surface area (Å²) in [6.07, 6.45) is 0.606. The van der Waals surface area contributed by atoms with Gasteiger partial charge in [0, 0.05) is 0 Å². The fraction of sp³-hybridized carbons (Fsp3) is 0.316. The highest BCUT2D eigenvalue weighted by Gasteiger charge is 2.17. The molecule has 2 rings (SSSR count). The van der Waals surface area contributed by atoms with Gasteiger partial charge in [0.25, 0.3) is 0 Å². The molecule has 0 spiro atoms. The van der Waals surface area contributed by atoms with E-state index in [1.807, 2.05) is 0 Å². The van der Waals surface area contributed by atoms with Crippen LogP contribution in [0.1, 0.15) is 18.9 Å². The van der Waals surface area contributed by atoms with Gasteiger partial charge in [-0.3, -0.25) is 4.79 Å². The summed E-state index contributed by atoms with van der Waals surface area (Å²) >= 11 is 0. The molecule has 0 fully saturated rings. The zero-order valence-corrected chi connectivity index (χ0v) is 14.8. The van der Waals surface area contributed by atoms with Crippen molar-refractivity contribution in [2.75, 3.05) is 12.4 Å². The van der Waals surface area contributed by atoms with E-state index in [0.29, 0.717) is 6.42 Å². The SMILES string of the molecule is CC(Cc1cccc(F)c1)C(=O)OCCCS(=O)(=O)c1ccccc1. The number of rotatable bonds is 8. The quantitative estimate of drug-likeness (QED) is 0.532. The molecule has 0 N–H and O–H groups in total. The van der Waals surface area contributed by atoms with Crippen molar-refractivity contribution in [3.05, 3.63) is 66.0 Å². The van der Waals surface area contributed by atoms with E-state index in [0.717, 1.165) is 5.56 Å². The molecule has 0 aliphatic rings. The summed E-state index contributed by atoms with van der Waals surface area (Å²) in [4.78, 5) is 12.2. The first-order chi connectivity index (χ1) is 11.9. The summed E-state index contributed by atoms with van der Waals surface area (Å²) < 4.78 is 42.5. The molecule has 6 heteroatoms. The second-order valence-electron chi connectivity index (χ2n) is 5.89. The van der Waals surface area contributed by atoms with Crippen LogP contribution in [-0.4, -0.2) is 26.7 Å². The Morgan fingerprint density at radius 1 is 1.12 bits per heavy atom. The molecule has 0 saturated heterocycles. The Morgan fingerprint density at radius 2 is 1.84 bits per heavy atom. The molecule has 1 atom stereocenters. The lowest BCUT2D eigenvalue weighted by Crippen LogP contribution is -2.19. The first-order valence-corrected chi connectivity index (χ1v) is 9.72. The molecule has 0 bridgehead atoms. The number of hydrogen-bond acceptors (Lipinski definition) is 4. The van der Waals surface area contributed by atoms with Crippen molar-refractivity contribution < 1.29 is 22.3 Å². The molecular formula is C19H21FO4S. The highest BCUT2D eigenvalue weighted by atomic mass is 32.2. The molecular weight excluding hydrogens is 343 g/mol. The highest BCUT2D eigenvalue weighted by molar-refractivity contribution is 7.91. The van der Waals surface area contributed by atoms with Crippen LogP contribution in [0.25, 0.3) is 0 Å². The third-order valence-corrected chi connectivity index (χ3v) is 5.55. The van der Waals surface area contributed by atoms with Crippen LogP contribution in [0.5, 0.6) is 0 Å². The number of halogens is 1. The number of carbonyl (C=O) groups is 1. The predicted octanol–water partition coefficient (Wildman–Crippen LogP) is 3.41. The molecule has 2 aromatic carbocycles. The number of esters is 1. The smallest absolute Gasteiger partial charge is 0.308 e. The lowest BCUT2D eigenvalue weighted by atomic mass is 10.0. The van der Waals surface area contributed by atoms with E-state index in [2.05, 4.69) is 0 Å². The van der Waals surface area contributed by atoms with Gasteiger partial charge in [-0.25, -0.2) is 12.8 Å². The van der Waals surface area contributed by atoms with Crippen LogP contribution in [0, 0.1) is 11.7 Å². The Hall–Kier alpha value is -2.21. The van der Waals surface area contributed by atoms with Crippen LogP contribution in [0.2, 0.25) is 0 Å². The second-order valence-corrected chi connectivity index (χ2v) is 8.00. The Bertz CT molecular complexity index is 803. The lowest BCUT2D eigenvalue weighted by molar-refractivity contribution is -0.147. The average Bonchev–Trinajstić information content (AvgIpc) is 2.59. The second kappa shape index (κ2) is 8.76. The van der Waals surface area contributed by atoms with Gasteiger partial charge in [0.1, 0.15) is 5.82 Å². The molecule has 134 valence electrons. The topological polar surface area (TPSA) is 60.4 Å². The molecule has 0 aliphatic heterocycles. The summed E-state index contributed by atoms with van der Waals surface area (Å²) in [7, 11) is -3.36. The zero-order valence-electron chi connectivity index (χ0n) is 14.0. The lowest BCUT2D eigenvalue weighted by Gasteiger charge is -2.12. The average molecular weight is 364 g/mol. The van der Waals surface area contributed by atoms with E-state index in [1.54, 1.807) is 49.4 Å². The highest BCUT2D eigenvalue weighted by Crippen LogP contribution is 2.13. The molecule has 0 saturated carbocycles. The minimum Gasteiger partial charge on any atom is -0.465 e. The molecule has 0 radical (unpaired) electrons. The normalized spacial score (nSPS) is 12.6. The summed E-state index contributed by atoms with van der Waals surface area (Å²) in [5, 5.41) is 0. The standard InChI is InChI=1S/C19H21FO4S/c1-15(13-16-7-5-8-17(20)14-16)19(21)24-11-6-12-25(22,23)18-9-3-2-4-10-18/h2-5,7-10,14-15H,6,11-13H2,1H3. The van der Waals surface area contributed by atoms with Gasteiger partial charge in [-0.2, -0.15) is 0 Å². The fourth-order valence-corrected chi connectivity index (χ4v) is 3.72. The van der Waals surface area contributed by atoms with Crippen molar-refractivity contribution in [3.8, 4) is 0 Å². The summed E-state index contributed by atoms with van der Waals surface area (Å²) in [5.41, 5.74) is 0.719. The third kappa shape index (κ3) is 5.98. The zero-order chi connectivity index (χ0) is 18.3. The minimum absolute atomic E-state index is 0.0401. The van der Waals surface area contributed by atoms with Gasteiger partial charge in [-0.1, -0.05) is 37.3 Å². The molecule has 0 amide bonds. The van der Waals surface area contributed by atoms with E-state index >= 15 is 0 Å². The first-order valence-electron chi connectivity index (χ1n) is 8.07. The van der Waals surface area contributed by atoms with E-state index in [1.165, 1.54) is 12.1 Å². The van der Waals surface area contributed by atoms with Crippen LogP contribution in [0.15, 0.2) is 59.5 Å². The Balaban J connectivity index is 1.76. The number of sulfone groups is 1. The van der Waals surface area contributed by atoms with Crippen molar-refractivity contribution in [2.24, 2.45) is 5.92 Å². The first kappa shape index (κ1) is 19.1. The van der Waals surface area contributed by atoms with E-state index in [4.69, 9.17) is 4.74 Å². The largest absolute Gasteiger partial charge is 0.465 e. The maximum absolute atomic E-state index is 13.1. The van der Waals surface area contributed by atoms with E-state index in [-0.39, 0.29) is 29.5 Å². The van der Waals surface area contributed by atoms with Gasteiger partial charge >= 0.3 is 5.97 Å². The van der Waals surface area contributed by atoms with Crippen LogP contribution in [0.4, 0.5) is 4.39 Å². The number of ether oxygens (including phenoxy) is 1. The van der Waals surface area contributed by atoms with Gasteiger partial charge in [0.2, 0.25) is 0 Å². The van der Waals surface area contributed by atoms with E-state index < -0.39 is 21.7 Å². The van der Waals surface area contributed by atoms with Crippen LogP contribution < -0.4 is 0 Å². The maximum atomic E-state index is 13.1.